The van der Waals surface area contributed by atoms with Gasteiger partial charge in [0.05, 0.1) is 5.56 Å². The second-order valence-electron chi connectivity index (χ2n) is 4.93. The van der Waals surface area contributed by atoms with Crippen LogP contribution in [0.15, 0.2) is 18.2 Å². The number of nitrogens with two attached hydrogens (primary N) is 1. The van der Waals surface area contributed by atoms with Gasteiger partial charge in [-0.3, -0.25) is 4.79 Å². The highest BCUT2D eigenvalue weighted by Crippen LogP contribution is 2.26. The molecule has 18 heavy (non-hydrogen) atoms. The molecule has 5 heteroatoms. The Morgan fingerprint density at radius 1 is 1.50 bits per heavy atom. The van der Waals surface area contributed by atoms with Crippen molar-refractivity contribution >= 4 is 17.3 Å². The zero-order chi connectivity index (χ0) is 13.3. The Balaban J connectivity index is 2.22. The molecule has 98 valence electrons. The maximum Gasteiger partial charge on any atom is 0.256 e. The van der Waals surface area contributed by atoms with Crippen molar-refractivity contribution < 1.29 is 9.90 Å². The van der Waals surface area contributed by atoms with Gasteiger partial charge in [-0.2, -0.15) is 0 Å². The first kappa shape index (κ1) is 12.7. The van der Waals surface area contributed by atoms with Crippen molar-refractivity contribution in [2.45, 2.75) is 0 Å². The first-order valence-electron chi connectivity index (χ1n) is 6.00. The number of carbonyl (C=O) groups is 1. The Labute approximate surface area is 107 Å². The first-order valence-corrected chi connectivity index (χ1v) is 6.00. The van der Waals surface area contributed by atoms with Gasteiger partial charge in [0.1, 0.15) is 0 Å². The molecule has 5 nitrogen and oxygen atoms in total. The smallest absolute Gasteiger partial charge is 0.256 e. The Bertz CT molecular complexity index is 454. The molecule has 0 aliphatic carbocycles. The van der Waals surface area contributed by atoms with E-state index in [0.717, 1.165) is 5.69 Å². The van der Waals surface area contributed by atoms with Crippen molar-refractivity contribution in [1.29, 1.82) is 0 Å². The highest BCUT2D eigenvalue weighted by atomic mass is 16.3. The molecular formula is C13H19N3O2. The number of likely N-dealkylation sites (tertiary alicyclic amines) is 1. The third-order valence-electron chi connectivity index (χ3n) is 3.24. The molecule has 0 spiro atoms. The van der Waals surface area contributed by atoms with Crippen LogP contribution in [0.5, 0.6) is 0 Å². The van der Waals surface area contributed by atoms with Crippen LogP contribution in [0, 0.1) is 5.92 Å². The van der Waals surface area contributed by atoms with E-state index >= 15 is 0 Å². The van der Waals surface area contributed by atoms with E-state index in [-0.39, 0.29) is 18.4 Å². The number of aliphatic hydroxyl groups excluding tert-OH is 1. The van der Waals surface area contributed by atoms with Crippen LogP contribution in [0.1, 0.15) is 10.4 Å². The molecule has 1 aliphatic heterocycles. The maximum absolute atomic E-state index is 12.3. The predicted molar refractivity (Wildman–Crippen MR) is 71.7 cm³/mol. The van der Waals surface area contributed by atoms with Crippen LogP contribution in [0.2, 0.25) is 0 Å². The van der Waals surface area contributed by atoms with Gasteiger partial charge in [-0.25, -0.2) is 0 Å². The number of nitrogens with zero attached hydrogens (tertiary/aromatic N) is 2. The molecule has 1 fully saturated rings. The summed E-state index contributed by atoms with van der Waals surface area (Å²) in [5, 5.41) is 8.98. The zero-order valence-electron chi connectivity index (χ0n) is 10.8. The fourth-order valence-electron chi connectivity index (χ4n) is 2.14. The SMILES string of the molecule is CN(C)c1ccc(N)cc1C(=O)N1CC(CO)C1. The molecule has 1 aromatic carbocycles. The van der Waals surface area contributed by atoms with Gasteiger partial charge >= 0.3 is 0 Å². The summed E-state index contributed by atoms with van der Waals surface area (Å²) < 4.78 is 0. The van der Waals surface area contributed by atoms with Crippen molar-refractivity contribution in [1.82, 2.24) is 4.90 Å². The molecule has 1 saturated heterocycles. The highest BCUT2D eigenvalue weighted by Gasteiger charge is 2.31. The minimum Gasteiger partial charge on any atom is -0.399 e. The Kier molecular flexibility index (Phi) is 3.43. The average Bonchev–Trinajstić information content (AvgIpc) is 2.26. The summed E-state index contributed by atoms with van der Waals surface area (Å²) in [6.45, 7) is 1.38. The number of carbonyl (C=O) groups excluding carboxylic acids is 1. The van der Waals surface area contributed by atoms with E-state index in [1.807, 2.05) is 25.1 Å². The van der Waals surface area contributed by atoms with Crippen LogP contribution in [-0.4, -0.2) is 49.7 Å². The molecule has 1 amide bonds. The maximum atomic E-state index is 12.3. The minimum absolute atomic E-state index is 0.0179. The summed E-state index contributed by atoms with van der Waals surface area (Å²) in [5.74, 6) is 0.202. The van der Waals surface area contributed by atoms with E-state index in [0.29, 0.717) is 24.3 Å². The summed E-state index contributed by atoms with van der Waals surface area (Å²) in [4.78, 5) is 16.0. The zero-order valence-corrected chi connectivity index (χ0v) is 10.8. The van der Waals surface area contributed by atoms with Gasteiger partial charge in [0.15, 0.2) is 0 Å². The van der Waals surface area contributed by atoms with Crippen LogP contribution in [0.3, 0.4) is 0 Å². The van der Waals surface area contributed by atoms with Crippen molar-refractivity contribution in [3.8, 4) is 0 Å². The molecule has 0 unspecified atom stereocenters. The van der Waals surface area contributed by atoms with E-state index in [4.69, 9.17) is 10.8 Å². The monoisotopic (exact) mass is 249 g/mol. The van der Waals surface area contributed by atoms with E-state index < -0.39 is 0 Å². The van der Waals surface area contributed by atoms with Crippen LogP contribution in [-0.2, 0) is 0 Å². The Morgan fingerprint density at radius 2 is 2.17 bits per heavy atom. The van der Waals surface area contributed by atoms with Crippen molar-refractivity contribution in [2.75, 3.05) is 44.4 Å². The Morgan fingerprint density at radius 3 is 2.72 bits per heavy atom. The van der Waals surface area contributed by atoms with Gasteiger partial charge in [-0.1, -0.05) is 0 Å². The molecule has 0 bridgehead atoms. The van der Waals surface area contributed by atoms with Crippen LogP contribution < -0.4 is 10.6 Å². The third kappa shape index (κ3) is 2.26. The topological polar surface area (TPSA) is 69.8 Å². The van der Waals surface area contributed by atoms with Gasteiger partial charge in [0.25, 0.3) is 5.91 Å². The number of hydrogen-bond donors (Lipinski definition) is 2. The molecule has 0 aromatic heterocycles. The van der Waals surface area contributed by atoms with Crippen molar-refractivity contribution in [3.63, 3.8) is 0 Å². The van der Waals surface area contributed by atoms with E-state index in [1.54, 1.807) is 17.0 Å². The summed E-state index contributed by atoms with van der Waals surface area (Å²) in [7, 11) is 3.80. The summed E-state index contributed by atoms with van der Waals surface area (Å²) in [5.41, 5.74) is 7.82. The minimum atomic E-state index is -0.0179. The van der Waals surface area contributed by atoms with Gasteiger partial charge in [0.2, 0.25) is 0 Å². The molecular weight excluding hydrogens is 230 g/mol. The standard InChI is InChI=1S/C13H19N3O2/c1-15(2)12-4-3-10(14)5-11(12)13(18)16-6-9(7-16)8-17/h3-5,9,17H,6-8,14H2,1-2H3. The number of nitrogen functional groups attached to an aromatic ring is 1. The van der Waals surface area contributed by atoms with Crippen LogP contribution >= 0.6 is 0 Å². The fourth-order valence-corrected chi connectivity index (χ4v) is 2.14. The Hall–Kier alpha value is -1.75. The third-order valence-corrected chi connectivity index (χ3v) is 3.24. The van der Waals surface area contributed by atoms with Gasteiger partial charge in [0, 0.05) is 51.1 Å². The highest BCUT2D eigenvalue weighted by molar-refractivity contribution is 6.01. The molecule has 1 aromatic rings. The molecule has 0 atom stereocenters. The molecule has 1 heterocycles. The second kappa shape index (κ2) is 4.86. The lowest BCUT2D eigenvalue weighted by Gasteiger charge is -2.38. The largest absolute Gasteiger partial charge is 0.399 e. The number of aliphatic hydroxyl groups is 1. The second-order valence-corrected chi connectivity index (χ2v) is 4.93. The molecule has 2 rings (SSSR count). The number of rotatable bonds is 3. The summed E-state index contributed by atoms with van der Waals surface area (Å²) in [6, 6.07) is 5.36. The van der Waals surface area contributed by atoms with Gasteiger partial charge < -0.3 is 20.6 Å². The molecule has 1 aliphatic rings. The normalized spacial score (nSPS) is 15.4. The lowest BCUT2D eigenvalue weighted by Crippen LogP contribution is -2.51. The number of amides is 1. The van der Waals surface area contributed by atoms with Gasteiger partial charge in [-0.05, 0) is 18.2 Å². The number of hydrogen-bond acceptors (Lipinski definition) is 4. The average molecular weight is 249 g/mol. The molecule has 3 N–H and O–H groups in total. The number of anilines is 2. The quantitative estimate of drug-likeness (QED) is 0.761. The van der Waals surface area contributed by atoms with Gasteiger partial charge in [-0.15, -0.1) is 0 Å². The van der Waals surface area contributed by atoms with E-state index in [9.17, 15) is 4.79 Å². The van der Waals surface area contributed by atoms with Crippen molar-refractivity contribution in [2.24, 2.45) is 5.92 Å². The van der Waals surface area contributed by atoms with Crippen LogP contribution in [0.4, 0.5) is 11.4 Å². The summed E-state index contributed by atoms with van der Waals surface area (Å²) >= 11 is 0. The lowest BCUT2D eigenvalue weighted by molar-refractivity contribution is 0.0362. The molecule has 0 radical (unpaired) electrons. The fraction of sp³-hybridized carbons (Fsp3) is 0.462. The van der Waals surface area contributed by atoms with E-state index in [1.165, 1.54) is 0 Å². The summed E-state index contributed by atoms with van der Waals surface area (Å²) in [6.07, 6.45) is 0. The first-order chi connectivity index (χ1) is 8.52. The predicted octanol–water partition coefficient (Wildman–Crippen LogP) is 0.399. The van der Waals surface area contributed by atoms with Crippen molar-refractivity contribution in [3.05, 3.63) is 23.8 Å². The van der Waals surface area contributed by atoms with E-state index in [2.05, 4.69) is 0 Å². The lowest BCUT2D eigenvalue weighted by atomic mass is 9.99. The van der Waals surface area contributed by atoms with Crippen LogP contribution in [0.25, 0.3) is 0 Å². The number of benzene rings is 1. The molecule has 0 saturated carbocycles.